The number of likely N-dealkylation sites (N-methyl/N-ethyl adjacent to an activating group) is 1. The zero-order valence-electron chi connectivity index (χ0n) is 12.8. The van der Waals surface area contributed by atoms with Gasteiger partial charge in [0.25, 0.3) is 0 Å². The van der Waals surface area contributed by atoms with Crippen LogP contribution >= 0.6 is 0 Å². The highest BCUT2D eigenvalue weighted by atomic mass is 19.4. The van der Waals surface area contributed by atoms with Gasteiger partial charge in [0.05, 0.1) is 12.2 Å². The van der Waals surface area contributed by atoms with E-state index >= 15 is 0 Å². The van der Waals surface area contributed by atoms with E-state index in [4.69, 9.17) is 0 Å². The van der Waals surface area contributed by atoms with Gasteiger partial charge in [0.1, 0.15) is 0 Å². The Morgan fingerprint density at radius 3 is 2.43 bits per heavy atom. The smallest absolute Gasteiger partial charge is 0.392 e. The summed E-state index contributed by atoms with van der Waals surface area (Å²) in [7, 11) is 2.03. The topological polar surface area (TPSA) is 23.5 Å². The number of halogens is 3. The van der Waals surface area contributed by atoms with Crippen LogP contribution in [0.5, 0.6) is 0 Å². The van der Waals surface area contributed by atoms with Crippen LogP contribution in [-0.2, 0) is 25.7 Å². The molecule has 0 saturated carbocycles. The van der Waals surface area contributed by atoms with Crippen molar-refractivity contribution in [2.75, 3.05) is 13.6 Å². The Kier molecular flexibility index (Phi) is 4.17. The van der Waals surface area contributed by atoms with Crippen LogP contribution in [0.4, 0.5) is 13.2 Å². The van der Waals surface area contributed by atoms with Gasteiger partial charge in [-0.2, -0.15) is 13.2 Å². The van der Waals surface area contributed by atoms with Crippen molar-refractivity contribution in [2.24, 2.45) is 0 Å². The predicted molar refractivity (Wildman–Crippen MR) is 82.8 cm³/mol. The molecule has 1 N–H and O–H groups in total. The number of aliphatic hydroxyl groups excluding tert-OH is 1. The van der Waals surface area contributed by atoms with E-state index in [0.717, 1.165) is 53.9 Å². The van der Waals surface area contributed by atoms with Crippen LogP contribution in [-0.4, -0.2) is 23.6 Å². The molecule has 122 valence electrons. The number of rotatable bonds is 2. The van der Waals surface area contributed by atoms with Crippen LogP contribution in [0.15, 0.2) is 36.4 Å². The molecule has 2 aromatic rings. The van der Waals surface area contributed by atoms with Gasteiger partial charge in [0.2, 0.25) is 0 Å². The van der Waals surface area contributed by atoms with Crippen molar-refractivity contribution in [1.82, 2.24) is 4.90 Å². The summed E-state index contributed by atoms with van der Waals surface area (Å²) in [6.07, 6.45) is -3.45. The van der Waals surface area contributed by atoms with Gasteiger partial charge < -0.3 is 10.0 Å². The summed E-state index contributed by atoms with van der Waals surface area (Å²) < 4.78 is 38.2. The number of aliphatic hydroxyl groups is 1. The Hall–Kier alpha value is -1.85. The van der Waals surface area contributed by atoms with Crippen LogP contribution in [0, 0.1) is 0 Å². The molecule has 0 radical (unpaired) electrons. The SMILES string of the molecule is CN1CCc2cc(CO)cc(-c3ccc(C(F)(F)F)cc3)c2C1. The molecule has 0 saturated heterocycles. The molecule has 0 spiro atoms. The number of nitrogens with zero attached hydrogens (tertiary/aromatic N) is 1. The molecule has 5 heteroatoms. The monoisotopic (exact) mass is 321 g/mol. The van der Waals surface area contributed by atoms with E-state index in [2.05, 4.69) is 4.90 Å². The van der Waals surface area contributed by atoms with Crippen molar-refractivity contribution in [3.8, 4) is 11.1 Å². The second kappa shape index (κ2) is 5.98. The maximum absolute atomic E-state index is 12.7. The molecule has 0 unspecified atom stereocenters. The standard InChI is InChI=1S/C18H18F3NO/c1-22-7-6-14-8-12(11-23)9-16(17(14)10-22)13-2-4-15(5-3-13)18(19,20)21/h2-5,8-9,23H,6-7,10-11H2,1H3. The third kappa shape index (κ3) is 3.26. The fourth-order valence-electron chi connectivity index (χ4n) is 3.06. The lowest BCUT2D eigenvalue weighted by atomic mass is 9.89. The quantitative estimate of drug-likeness (QED) is 0.908. The minimum Gasteiger partial charge on any atom is -0.392 e. The number of hydrogen-bond acceptors (Lipinski definition) is 2. The van der Waals surface area contributed by atoms with E-state index in [1.165, 1.54) is 17.7 Å². The van der Waals surface area contributed by atoms with Crippen LogP contribution in [0.1, 0.15) is 22.3 Å². The van der Waals surface area contributed by atoms with Crippen molar-refractivity contribution in [2.45, 2.75) is 25.7 Å². The van der Waals surface area contributed by atoms with Crippen LogP contribution in [0.3, 0.4) is 0 Å². The minimum absolute atomic E-state index is 0.0727. The molecular formula is C18H18F3NO. The van der Waals surface area contributed by atoms with E-state index in [1.54, 1.807) is 0 Å². The lowest BCUT2D eigenvalue weighted by Crippen LogP contribution is -2.27. The number of hydrogen-bond donors (Lipinski definition) is 1. The van der Waals surface area contributed by atoms with Gasteiger partial charge in [-0.25, -0.2) is 0 Å². The Balaban J connectivity index is 2.08. The summed E-state index contributed by atoms with van der Waals surface area (Å²) in [6.45, 7) is 1.63. The Morgan fingerprint density at radius 2 is 1.83 bits per heavy atom. The van der Waals surface area contributed by atoms with Crippen molar-refractivity contribution in [3.63, 3.8) is 0 Å². The first-order valence-corrected chi connectivity index (χ1v) is 7.50. The second-order valence-electron chi connectivity index (χ2n) is 6.00. The molecule has 0 amide bonds. The fraction of sp³-hybridized carbons (Fsp3) is 0.333. The Labute approximate surface area is 133 Å². The number of benzene rings is 2. The first kappa shape index (κ1) is 16.0. The maximum atomic E-state index is 12.7. The van der Waals surface area contributed by atoms with Gasteiger partial charge in [-0.1, -0.05) is 18.2 Å². The van der Waals surface area contributed by atoms with Crippen LogP contribution < -0.4 is 0 Å². The third-order valence-electron chi connectivity index (χ3n) is 4.30. The van der Waals surface area contributed by atoms with E-state index < -0.39 is 11.7 Å². The maximum Gasteiger partial charge on any atom is 0.416 e. The lowest BCUT2D eigenvalue weighted by Gasteiger charge is -2.28. The van der Waals surface area contributed by atoms with Gasteiger partial charge in [-0.3, -0.25) is 0 Å². The molecule has 1 aliphatic heterocycles. The van der Waals surface area contributed by atoms with Gasteiger partial charge in [0.15, 0.2) is 0 Å². The first-order valence-electron chi connectivity index (χ1n) is 7.50. The fourth-order valence-corrected chi connectivity index (χ4v) is 3.06. The molecular weight excluding hydrogens is 303 g/mol. The van der Waals surface area contributed by atoms with Crippen molar-refractivity contribution in [3.05, 3.63) is 58.7 Å². The highest BCUT2D eigenvalue weighted by Gasteiger charge is 2.30. The van der Waals surface area contributed by atoms with E-state index in [1.807, 2.05) is 19.2 Å². The normalized spacial score (nSPS) is 15.5. The zero-order chi connectivity index (χ0) is 16.6. The molecule has 0 atom stereocenters. The third-order valence-corrected chi connectivity index (χ3v) is 4.30. The van der Waals surface area contributed by atoms with E-state index in [0.29, 0.717) is 0 Å². The predicted octanol–water partition coefficient (Wildman–Crippen LogP) is 3.85. The van der Waals surface area contributed by atoms with Crippen molar-refractivity contribution >= 4 is 0 Å². The Morgan fingerprint density at radius 1 is 1.13 bits per heavy atom. The summed E-state index contributed by atoms with van der Waals surface area (Å²) >= 11 is 0. The molecule has 2 aromatic carbocycles. The van der Waals surface area contributed by atoms with Gasteiger partial charge in [0, 0.05) is 13.1 Å². The van der Waals surface area contributed by atoms with Crippen molar-refractivity contribution < 1.29 is 18.3 Å². The highest BCUT2D eigenvalue weighted by molar-refractivity contribution is 5.70. The molecule has 0 bridgehead atoms. The minimum atomic E-state index is -4.33. The summed E-state index contributed by atoms with van der Waals surface area (Å²) in [4.78, 5) is 2.19. The summed E-state index contributed by atoms with van der Waals surface area (Å²) in [6, 6.07) is 9.11. The van der Waals surface area contributed by atoms with E-state index in [-0.39, 0.29) is 6.61 Å². The molecule has 0 aromatic heterocycles. The molecule has 3 rings (SSSR count). The molecule has 2 nitrogen and oxygen atoms in total. The lowest BCUT2D eigenvalue weighted by molar-refractivity contribution is -0.137. The Bertz CT molecular complexity index is 707. The molecule has 0 aliphatic carbocycles. The molecule has 23 heavy (non-hydrogen) atoms. The summed E-state index contributed by atoms with van der Waals surface area (Å²) in [5.74, 6) is 0. The van der Waals surface area contributed by atoms with Crippen LogP contribution in [0.25, 0.3) is 11.1 Å². The van der Waals surface area contributed by atoms with Crippen molar-refractivity contribution in [1.29, 1.82) is 0 Å². The summed E-state index contributed by atoms with van der Waals surface area (Å²) in [5.41, 5.74) is 4.11. The number of alkyl halides is 3. The van der Waals surface area contributed by atoms with E-state index in [9.17, 15) is 18.3 Å². The zero-order valence-corrected chi connectivity index (χ0v) is 12.8. The highest BCUT2D eigenvalue weighted by Crippen LogP contribution is 2.34. The molecule has 1 heterocycles. The average Bonchev–Trinajstić information content (AvgIpc) is 2.53. The first-order chi connectivity index (χ1) is 10.9. The second-order valence-corrected chi connectivity index (χ2v) is 6.00. The summed E-state index contributed by atoms with van der Waals surface area (Å²) in [5, 5.41) is 9.45. The van der Waals surface area contributed by atoms with Gasteiger partial charge in [-0.05, 0) is 59.5 Å². The van der Waals surface area contributed by atoms with Gasteiger partial charge >= 0.3 is 6.18 Å². The van der Waals surface area contributed by atoms with Gasteiger partial charge in [-0.15, -0.1) is 0 Å². The molecule has 0 fully saturated rings. The average molecular weight is 321 g/mol. The van der Waals surface area contributed by atoms with Crippen LogP contribution in [0.2, 0.25) is 0 Å². The number of fused-ring (bicyclic) bond motifs is 1. The largest absolute Gasteiger partial charge is 0.416 e. The molecule has 1 aliphatic rings.